The van der Waals surface area contributed by atoms with Crippen LogP contribution < -0.4 is 4.90 Å². The van der Waals surface area contributed by atoms with Crippen LogP contribution in [0.25, 0.3) is 0 Å². The van der Waals surface area contributed by atoms with Gasteiger partial charge in [-0.15, -0.1) is 11.3 Å². The van der Waals surface area contributed by atoms with Crippen LogP contribution in [0.3, 0.4) is 0 Å². The fourth-order valence-electron chi connectivity index (χ4n) is 1.81. The number of aliphatic hydroxyl groups is 1. The quantitative estimate of drug-likeness (QED) is 0.805. The van der Waals surface area contributed by atoms with E-state index < -0.39 is 0 Å². The summed E-state index contributed by atoms with van der Waals surface area (Å²) in [7, 11) is 1.71. The van der Waals surface area contributed by atoms with E-state index in [1.807, 2.05) is 5.38 Å². The Kier molecular flexibility index (Phi) is 3.00. The number of hydrogen-bond acceptors (Lipinski definition) is 5. The minimum absolute atomic E-state index is 0.158. The van der Waals surface area contributed by atoms with Crippen molar-refractivity contribution >= 4 is 16.5 Å². The molecule has 1 fully saturated rings. The summed E-state index contributed by atoms with van der Waals surface area (Å²) < 4.78 is 5.30. The van der Waals surface area contributed by atoms with Gasteiger partial charge in [0.15, 0.2) is 5.13 Å². The summed E-state index contributed by atoms with van der Waals surface area (Å²) in [6.07, 6.45) is 2.89. The second-order valence-electron chi connectivity index (χ2n) is 3.40. The van der Waals surface area contributed by atoms with E-state index in [9.17, 15) is 5.11 Å². The van der Waals surface area contributed by atoms with E-state index in [2.05, 4.69) is 9.88 Å². The summed E-state index contributed by atoms with van der Waals surface area (Å²) >= 11 is 1.60. The van der Waals surface area contributed by atoms with E-state index >= 15 is 0 Å². The van der Waals surface area contributed by atoms with E-state index in [1.54, 1.807) is 24.6 Å². The first-order chi connectivity index (χ1) is 6.85. The summed E-state index contributed by atoms with van der Waals surface area (Å²) in [5.41, 5.74) is 0. The Morgan fingerprint density at radius 2 is 2.64 bits per heavy atom. The van der Waals surface area contributed by atoms with Gasteiger partial charge in [-0.05, 0) is 6.42 Å². The van der Waals surface area contributed by atoms with Gasteiger partial charge in [-0.3, -0.25) is 0 Å². The molecule has 1 saturated heterocycles. The SMILES string of the molecule is COC1CC(CO)N(c2nccs2)C1. The van der Waals surface area contributed by atoms with Gasteiger partial charge in [0.2, 0.25) is 0 Å². The highest BCUT2D eigenvalue weighted by molar-refractivity contribution is 7.13. The summed E-state index contributed by atoms with van der Waals surface area (Å²) in [4.78, 5) is 6.37. The van der Waals surface area contributed by atoms with Crippen LogP contribution >= 0.6 is 11.3 Å². The van der Waals surface area contributed by atoms with Crippen molar-refractivity contribution in [3.8, 4) is 0 Å². The molecule has 2 atom stereocenters. The maximum absolute atomic E-state index is 9.23. The van der Waals surface area contributed by atoms with Gasteiger partial charge in [-0.25, -0.2) is 4.98 Å². The second-order valence-corrected chi connectivity index (χ2v) is 4.27. The van der Waals surface area contributed by atoms with Gasteiger partial charge in [-0.2, -0.15) is 0 Å². The molecule has 5 heteroatoms. The van der Waals surface area contributed by atoms with Crippen LogP contribution in [0.2, 0.25) is 0 Å². The van der Waals surface area contributed by atoms with Crippen LogP contribution in [-0.2, 0) is 4.74 Å². The lowest BCUT2D eigenvalue weighted by molar-refractivity contribution is 0.115. The van der Waals surface area contributed by atoms with E-state index in [0.717, 1.165) is 18.1 Å². The summed E-state index contributed by atoms with van der Waals surface area (Å²) in [5.74, 6) is 0. The Balaban J connectivity index is 2.11. The molecular weight excluding hydrogens is 200 g/mol. The van der Waals surface area contributed by atoms with Gasteiger partial charge in [0.05, 0.1) is 18.8 Å². The molecule has 14 heavy (non-hydrogen) atoms. The number of hydrogen-bond donors (Lipinski definition) is 1. The van der Waals surface area contributed by atoms with Gasteiger partial charge in [0.1, 0.15) is 0 Å². The van der Waals surface area contributed by atoms with E-state index in [-0.39, 0.29) is 18.8 Å². The third kappa shape index (κ3) is 1.75. The summed E-state index contributed by atoms with van der Waals surface area (Å²) in [5, 5.41) is 12.2. The Bertz CT molecular complexity index is 278. The number of methoxy groups -OCH3 is 1. The molecular formula is C9H14N2O2S. The van der Waals surface area contributed by atoms with E-state index in [4.69, 9.17) is 4.74 Å². The largest absolute Gasteiger partial charge is 0.394 e. The van der Waals surface area contributed by atoms with Crippen LogP contribution in [0.4, 0.5) is 5.13 Å². The molecule has 0 amide bonds. The highest BCUT2D eigenvalue weighted by Crippen LogP contribution is 2.28. The Morgan fingerprint density at radius 3 is 3.21 bits per heavy atom. The number of thiazole rings is 1. The van der Waals surface area contributed by atoms with Crippen molar-refractivity contribution in [2.75, 3.05) is 25.2 Å². The zero-order chi connectivity index (χ0) is 9.97. The van der Waals surface area contributed by atoms with Crippen molar-refractivity contribution in [3.63, 3.8) is 0 Å². The average molecular weight is 214 g/mol. The lowest BCUT2D eigenvalue weighted by Crippen LogP contribution is -2.32. The van der Waals surface area contributed by atoms with Crippen LogP contribution in [0.5, 0.6) is 0 Å². The predicted molar refractivity (Wildman–Crippen MR) is 55.7 cm³/mol. The van der Waals surface area contributed by atoms with Crippen molar-refractivity contribution in [1.29, 1.82) is 0 Å². The maximum atomic E-state index is 9.23. The third-order valence-corrected chi connectivity index (χ3v) is 3.39. The number of ether oxygens (including phenoxy) is 1. The zero-order valence-electron chi connectivity index (χ0n) is 8.09. The first-order valence-electron chi connectivity index (χ1n) is 4.65. The molecule has 78 valence electrons. The zero-order valence-corrected chi connectivity index (χ0v) is 8.91. The Morgan fingerprint density at radius 1 is 1.79 bits per heavy atom. The fraction of sp³-hybridized carbons (Fsp3) is 0.667. The maximum Gasteiger partial charge on any atom is 0.185 e. The van der Waals surface area contributed by atoms with Crippen LogP contribution in [-0.4, -0.2) is 42.5 Å². The van der Waals surface area contributed by atoms with Crippen molar-refractivity contribution in [2.24, 2.45) is 0 Å². The first-order valence-corrected chi connectivity index (χ1v) is 5.53. The molecule has 1 N–H and O–H groups in total. The van der Waals surface area contributed by atoms with Crippen molar-refractivity contribution in [3.05, 3.63) is 11.6 Å². The number of nitrogens with zero attached hydrogens (tertiary/aromatic N) is 2. The molecule has 1 aliphatic heterocycles. The molecule has 0 spiro atoms. The number of anilines is 1. The van der Waals surface area contributed by atoms with Gasteiger partial charge in [0.25, 0.3) is 0 Å². The predicted octanol–water partition coefficient (Wildman–Crippen LogP) is 0.729. The van der Waals surface area contributed by atoms with Gasteiger partial charge in [0, 0.05) is 25.2 Å². The average Bonchev–Trinajstić information content (AvgIpc) is 2.85. The standard InChI is InChI=1S/C9H14N2O2S/c1-13-8-4-7(6-12)11(5-8)9-10-2-3-14-9/h2-3,7-8,12H,4-6H2,1H3. The molecule has 4 nitrogen and oxygen atoms in total. The first kappa shape index (κ1) is 9.89. The Labute approximate surface area is 87.1 Å². The van der Waals surface area contributed by atoms with Crippen molar-refractivity contribution in [2.45, 2.75) is 18.6 Å². The van der Waals surface area contributed by atoms with Gasteiger partial charge < -0.3 is 14.7 Å². The molecule has 1 aromatic heterocycles. The molecule has 2 rings (SSSR count). The molecule has 0 aromatic carbocycles. The molecule has 0 saturated carbocycles. The normalized spacial score (nSPS) is 27.1. The number of aromatic nitrogens is 1. The molecule has 0 bridgehead atoms. The monoisotopic (exact) mass is 214 g/mol. The number of rotatable bonds is 3. The highest BCUT2D eigenvalue weighted by atomic mass is 32.1. The van der Waals surface area contributed by atoms with E-state index in [1.165, 1.54) is 0 Å². The lowest BCUT2D eigenvalue weighted by atomic mass is 10.2. The second kappa shape index (κ2) is 4.25. The highest BCUT2D eigenvalue weighted by Gasteiger charge is 2.32. The van der Waals surface area contributed by atoms with Gasteiger partial charge in [-0.1, -0.05) is 0 Å². The van der Waals surface area contributed by atoms with Gasteiger partial charge >= 0.3 is 0 Å². The fourth-order valence-corrected chi connectivity index (χ4v) is 2.53. The topological polar surface area (TPSA) is 45.6 Å². The molecule has 0 aliphatic carbocycles. The van der Waals surface area contributed by atoms with Crippen molar-refractivity contribution < 1.29 is 9.84 Å². The minimum atomic E-state index is 0.158. The van der Waals surface area contributed by atoms with Crippen LogP contribution in [0.1, 0.15) is 6.42 Å². The molecule has 2 unspecified atom stereocenters. The summed E-state index contributed by atoms with van der Waals surface area (Å²) in [6.45, 7) is 0.995. The minimum Gasteiger partial charge on any atom is -0.394 e. The Hall–Kier alpha value is -0.650. The lowest BCUT2D eigenvalue weighted by Gasteiger charge is -2.21. The smallest absolute Gasteiger partial charge is 0.185 e. The molecule has 0 radical (unpaired) electrons. The molecule has 1 aliphatic rings. The summed E-state index contributed by atoms with van der Waals surface area (Å²) in [6, 6.07) is 0.158. The van der Waals surface area contributed by atoms with Crippen LogP contribution in [0.15, 0.2) is 11.6 Å². The molecule has 2 heterocycles. The number of aliphatic hydroxyl groups excluding tert-OH is 1. The molecule has 1 aromatic rings. The van der Waals surface area contributed by atoms with Crippen LogP contribution in [0, 0.1) is 0 Å². The van der Waals surface area contributed by atoms with E-state index in [0.29, 0.717) is 0 Å². The third-order valence-electron chi connectivity index (χ3n) is 2.59. The van der Waals surface area contributed by atoms with Crippen molar-refractivity contribution in [1.82, 2.24) is 4.98 Å².